The van der Waals surface area contributed by atoms with Crippen molar-refractivity contribution >= 4 is 5.91 Å². The van der Waals surface area contributed by atoms with Gasteiger partial charge in [-0.15, -0.1) is 0 Å². The van der Waals surface area contributed by atoms with Gasteiger partial charge < -0.3 is 9.80 Å². The van der Waals surface area contributed by atoms with Gasteiger partial charge in [0.2, 0.25) is 5.91 Å². The standard InChI is InChI=1S/C11H24N2O/c1-7-10(14)12-11(2,3)8-9-13(4,5)6/h7-9H2,1-6H3/p+1. The molecule has 14 heavy (non-hydrogen) atoms. The normalized spacial score (nSPS) is 12.7. The summed E-state index contributed by atoms with van der Waals surface area (Å²) in [5.74, 6) is 0.136. The predicted molar refractivity (Wildman–Crippen MR) is 60.0 cm³/mol. The molecule has 0 fully saturated rings. The Labute approximate surface area is 88.1 Å². The first-order chi connectivity index (χ1) is 6.16. The van der Waals surface area contributed by atoms with Crippen LogP contribution in [0, 0.1) is 0 Å². The van der Waals surface area contributed by atoms with E-state index in [-0.39, 0.29) is 11.4 Å². The monoisotopic (exact) mass is 201 g/mol. The zero-order valence-corrected chi connectivity index (χ0v) is 10.5. The molecule has 0 unspecified atom stereocenters. The number of hydrogen-bond donors (Lipinski definition) is 1. The minimum atomic E-state index is -0.0847. The summed E-state index contributed by atoms with van der Waals surface area (Å²) in [5, 5.41) is 3.03. The van der Waals surface area contributed by atoms with E-state index in [9.17, 15) is 4.79 Å². The van der Waals surface area contributed by atoms with Gasteiger partial charge in [-0.2, -0.15) is 0 Å². The Balaban J connectivity index is 4.01. The van der Waals surface area contributed by atoms with Crippen LogP contribution in [0.1, 0.15) is 33.6 Å². The lowest BCUT2D eigenvalue weighted by molar-refractivity contribution is -0.870. The van der Waals surface area contributed by atoms with Gasteiger partial charge >= 0.3 is 0 Å². The van der Waals surface area contributed by atoms with Crippen molar-refractivity contribution in [2.24, 2.45) is 0 Å². The minimum Gasteiger partial charge on any atom is -0.351 e. The van der Waals surface area contributed by atoms with Gasteiger partial charge in [0.15, 0.2) is 0 Å². The highest BCUT2D eigenvalue weighted by molar-refractivity contribution is 5.76. The zero-order chi connectivity index (χ0) is 11.4. The summed E-state index contributed by atoms with van der Waals surface area (Å²) in [6.07, 6.45) is 1.57. The minimum absolute atomic E-state index is 0.0847. The molecule has 0 rings (SSSR count). The third-order valence-corrected chi connectivity index (χ3v) is 2.21. The fourth-order valence-corrected chi connectivity index (χ4v) is 1.14. The maximum atomic E-state index is 11.2. The van der Waals surface area contributed by atoms with E-state index in [4.69, 9.17) is 0 Å². The highest BCUT2D eigenvalue weighted by Crippen LogP contribution is 2.10. The van der Waals surface area contributed by atoms with Crippen LogP contribution in [0.2, 0.25) is 0 Å². The van der Waals surface area contributed by atoms with Crippen molar-refractivity contribution in [1.82, 2.24) is 5.32 Å². The Morgan fingerprint density at radius 1 is 1.29 bits per heavy atom. The van der Waals surface area contributed by atoms with Crippen molar-refractivity contribution in [3.8, 4) is 0 Å². The molecule has 1 N–H and O–H groups in total. The Hall–Kier alpha value is -0.570. The fourth-order valence-electron chi connectivity index (χ4n) is 1.14. The van der Waals surface area contributed by atoms with E-state index >= 15 is 0 Å². The summed E-state index contributed by atoms with van der Waals surface area (Å²) in [7, 11) is 6.49. The SMILES string of the molecule is CCC(=O)NC(C)(C)CC[N+](C)(C)C. The van der Waals surface area contributed by atoms with Gasteiger partial charge in [0.05, 0.1) is 27.7 Å². The summed E-state index contributed by atoms with van der Waals surface area (Å²) in [4.78, 5) is 11.2. The van der Waals surface area contributed by atoms with E-state index in [1.54, 1.807) is 0 Å². The van der Waals surface area contributed by atoms with Crippen molar-refractivity contribution in [2.45, 2.75) is 39.2 Å². The number of nitrogens with zero attached hydrogens (tertiary/aromatic N) is 1. The number of carbonyl (C=O) groups is 1. The molecule has 3 nitrogen and oxygen atoms in total. The first-order valence-electron chi connectivity index (χ1n) is 5.28. The summed E-state index contributed by atoms with van der Waals surface area (Å²) < 4.78 is 0.936. The average molecular weight is 201 g/mol. The van der Waals surface area contributed by atoms with Crippen LogP contribution in [0.3, 0.4) is 0 Å². The van der Waals surface area contributed by atoms with E-state index in [1.807, 2.05) is 6.92 Å². The molecular formula is C11H25N2O+. The van der Waals surface area contributed by atoms with Crippen LogP contribution in [0.5, 0.6) is 0 Å². The Morgan fingerprint density at radius 3 is 2.14 bits per heavy atom. The van der Waals surface area contributed by atoms with Crippen LogP contribution in [0.15, 0.2) is 0 Å². The molecular weight excluding hydrogens is 176 g/mol. The molecule has 0 bridgehead atoms. The molecule has 0 aromatic rings. The largest absolute Gasteiger partial charge is 0.351 e. The van der Waals surface area contributed by atoms with Crippen molar-refractivity contribution in [2.75, 3.05) is 27.7 Å². The van der Waals surface area contributed by atoms with E-state index in [0.29, 0.717) is 6.42 Å². The van der Waals surface area contributed by atoms with Gasteiger partial charge in [0.1, 0.15) is 0 Å². The summed E-state index contributed by atoms with van der Waals surface area (Å²) in [6.45, 7) is 7.11. The second-order valence-corrected chi connectivity index (χ2v) is 5.55. The number of rotatable bonds is 5. The number of quaternary nitrogens is 1. The second-order valence-electron chi connectivity index (χ2n) is 5.55. The Kier molecular flexibility index (Phi) is 4.59. The first-order valence-corrected chi connectivity index (χ1v) is 5.28. The number of carbonyl (C=O) groups excluding carboxylic acids is 1. The predicted octanol–water partition coefficient (Wildman–Crippen LogP) is 1.39. The zero-order valence-electron chi connectivity index (χ0n) is 10.5. The summed E-state index contributed by atoms with van der Waals surface area (Å²) in [6, 6.07) is 0. The molecule has 0 aliphatic rings. The van der Waals surface area contributed by atoms with Gasteiger partial charge in [-0.3, -0.25) is 4.79 Å². The molecule has 0 aliphatic heterocycles. The second kappa shape index (κ2) is 4.78. The van der Waals surface area contributed by atoms with Crippen molar-refractivity contribution in [3.05, 3.63) is 0 Å². The third kappa shape index (κ3) is 6.89. The maximum Gasteiger partial charge on any atom is 0.220 e. The molecule has 0 radical (unpaired) electrons. The molecule has 0 aromatic heterocycles. The molecule has 3 heteroatoms. The maximum absolute atomic E-state index is 11.2. The molecule has 0 heterocycles. The molecule has 0 saturated carbocycles. The lowest BCUT2D eigenvalue weighted by Gasteiger charge is -2.31. The Bertz CT molecular complexity index is 192. The van der Waals surface area contributed by atoms with Gasteiger partial charge in [0, 0.05) is 18.4 Å². The quantitative estimate of drug-likeness (QED) is 0.669. The van der Waals surface area contributed by atoms with Crippen LogP contribution in [0.4, 0.5) is 0 Å². The van der Waals surface area contributed by atoms with Crippen LogP contribution < -0.4 is 5.32 Å². The van der Waals surface area contributed by atoms with E-state index in [0.717, 1.165) is 17.4 Å². The molecule has 0 saturated heterocycles. The lowest BCUT2D eigenvalue weighted by atomic mass is 10.00. The van der Waals surface area contributed by atoms with Crippen LogP contribution in [-0.2, 0) is 4.79 Å². The average Bonchev–Trinajstić information content (AvgIpc) is 1.99. The number of nitrogens with one attached hydrogen (secondary N) is 1. The van der Waals surface area contributed by atoms with Crippen molar-refractivity contribution in [3.63, 3.8) is 0 Å². The molecule has 0 spiro atoms. The smallest absolute Gasteiger partial charge is 0.220 e. The Morgan fingerprint density at radius 2 is 1.79 bits per heavy atom. The molecule has 0 aliphatic carbocycles. The van der Waals surface area contributed by atoms with E-state index < -0.39 is 0 Å². The van der Waals surface area contributed by atoms with Crippen LogP contribution in [0.25, 0.3) is 0 Å². The van der Waals surface area contributed by atoms with Crippen LogP contribution in [-0.4, -0.2) is 43.6 Å². The molecule has 0 aromatic carbocycles. The van der Waals surface area contributed by atoms with Gasteiger partial charge in [-0.05, 0) is 13.8 Å². The van der Waals surface area contributed by atoms with Crippen molar-refractivity contribution in [1.29, 1.82) is 0 Å². The number of amides is 1. The topological polar surface area (TPSA) is 29.1 Å². The van der Waals surface area contributed by atoms with Gasteiger partial charge in [-0.1, -0.05) is 6.92 Å². The molecule has 84 valence electrons. The highest BCUT2D eigenvalue weighted by Gasteiger charge is 2.22. The summed E-state index contributed by atoms with van der Waals surface area (Å²) >= 11 is 0. The fraction of sp³-hybridized carbons (Fsp3) is 0.909. The first kappa shape index (κ1) is 13.4. The summed E-state index contributed by atoms with van der Waals surface area (Å²) in [5.41, 5.74) is -0.0847. The van der Waals surface area contributed by atoms with Gasteiger partial charge in [0.25, 0.3) is 0 Å². The van der Waals surface area contributed by atoms with E-state index in [1.165, 1.54) is 0 Å². The molecule has 1 amide bonds. The third-order valence-electron chi connectivity index (χ3n) is 2.21. The van der Waals surface area contributed by atoms with E-state index in [2.05, 4.69) is 40.3 Å². The van der Waals surface area contributed by atoms with Crippen molar-refractivity contribution < 1.29 is 9.28 Å². The highest BCUT2D eigenvalue weighted by atomic mass is 16.1. The van der Waals surface area contributed by atoms with Gasteiger partial charge in [-0.25, -0.2) is 0 Å². The molecule has 0 atom stereocenters. The van der Waals surface area contributed by atoms with Crippen LogP contribution >= 0.6 is 0 Å². The number of hydrogen-bond acceptors (Lipinski definition) is 1. The lowest BCUT2D eigenvalue weighted by Crippen LogP contribution is -2.47.